The number of carbonyl (C=O) groups is 1. The summed E-state index contributed by atoms with van der Waals surface area (Å²) in [5, 5.41) is 2.27. The summed E-state index contributed by atoms with van der Waals surface area (Å²) in [6.07, 6.45) is 1.81. The number of esters is 1. The first kappa shape index (κ1) is 18.2. The maximum absolute atomic E-state index is 12.4. The maximum atomic E-state index is 12.4. The van der Waals surface area contributed by atoms with Gasteiger partial charge in [-0.25, -0.2) is 9.79 Å². The first-order valence-electron chi connectivity index (χ1n) is 9.45. The van der Waals surface area contributed by atoms with Crippen molar-refractivity contribution in [3.05, 3.63) is 88.6 Å². The molecule has 0 amide bonds. The van der Waals surface area contributed by atoms with Gasteiger partial charge in [-0.05, 0) is 58.0 Å². The second kappa shape index (κ2) is 6.75. The maximum Gasteiger partial charge on any atom is 0.363 e. The molecule has 3 aromatic carbocycles. The Morgan fingerprint density at radius 1 is 0.893 bits per heavy atom. The minimum Gasteiger partial charge on any atom is -0.402 e. The van der Waals surface area contributed by atoms with E-state index in [9.17, 15) is 4.79 Å². The smallest absolute Gasteiger partial charge is 0.363 e. The SMILES string of the molecule is Cc1ccc(C=C2N=C(c3ccc(C(C)(C)C)cc3)OC2=O)c2ccccc12. The van der Waals surface area contributed by atoms with E-state index in [1.54, 1.807) is 6.08 Å². The van der Waals surface area contributed by atoms with E-state index in [0.717, 1.165) is 16.5 Å². The topological polar surface area (TPSA) is 38.7 Å². The quantitative estimate of drug-likeness (QED) is 0.423. The molecule has 0 unspecified atom stereocenters. The van der Waals surface area contributed by atoms with Crippen molar-refractivity contribution in [2.75, 3.05) is 0 Å². The van der Waals surface area contributed by atoms with E-state index in [2.05, 4.69) is 63.0 Å². The molecule has 28 heavy (non-hydrogen) atoms. The van der Waals surface area contributed by atoms with Crippen LogP contribution in [0.4, 0.5) is 0 Å². The molecule has 1 aliphatic heterocycles. The average Bonchev–Trinajstić information content (AvgIpc) is 3.04. The van der Waals surface area contributed by atoms with Gasteiger partial charge in [0.25, 0.3) is 0 Å². The molecular weight excluding hydrogens is 346 g/mol. The van der Waals surface area contributed by atoms with Crippen LogP contribution >= 0.6 is 0 Å². The molecule has 3 aromatic rings. The van der Waals surface area contributed by atoms with Crippen molar-refractivity contribution in [2.24, 2.45) is 4.99 Å². The lowest BCUT2D eigenvalue weighted by Crippen LogP contribution is -2.11. The van der Waals surface area contributed by atoms with Gasteiger partial charge in [-0.2, -0.15) is 0 Å². The molecule has 0 saturated heterocycles. The standard InChI is InChI=1S/C25H23NO2/c1-16-9-10-18(21-8-6-5-7-20(16)21)15-22-24(27)28-23(26-22)17-11-13-19(14-12-17)25(2,3)4/h5-15H,1-4H3. The number of hydrogen-bond donors (Lipinski definition) is 0. The van der Waals surface area contributed by atoms with Crippen LogP contribution in [-0.2, 0) is 14.9 Å². The summed E-state index contributed by atoms with van der Waals surface area (Å²) in [6, 6.07) is 20.3. The van der Waals surface area contributed by atoms with Crippen molar-refractivity contribution < 1.29 is 9.53 Å². The van der Waals surface area contributed by atoms with E-state index < -0.39 is 5.97 Å². The van der Waals surface area contributed by atoms with E-state index in [4.69, 9.17) is 4.74 Å². The van der Waals surface area contributed by atoms with Gasteiger partial charge in [0.1, 0.15) is 0 Å². The Kier molecular flexibility index (Phi) is 4.38. The first-order chi connectivity index (χ1) is 13.3. The van der Waals surface area contributed by atoms with Crippen LogP contribution in [0.2, 0.25) is 0 Å². The summed E-state index contributed by atoms with van der Waals surface area (Å²) in [5.74, 6) is -0.0623. The highest BCUT2D eigenvalue weighted by atomic mass is 16.6. The molecule has 3 heteroatoms. The van der Waals surface area contributed by atoms with Crippen LogP contribution in [0.3, 0.4) is 0 Å². The van der Waals surface area contributed by atoms with E-state index >= 15 is 0 Å². The molecule has 0 radical (unpaired) electrons. The Bertz CT molecular complexity index is 1130. The van der Waals surface area contributed by atoms with Crippen molar-refractivity contribution >= 4 is 28.7 Å². The summed E-state index contributed by atoms with van der Waals surface area (Å²) in [7, 11) is 0. The van der Waals surface area contributed by atoms with Crippen LogP contribution in [0, 0.1) is 6.92 Å². The molecule has 0 fully saturated rings. The molecule has 0 spiro atoms. The molecule has 4 rings (SSSR count). The van der Waals surface area contributed by atoms with Gasteiger partial charge in [0.05, 0.1) is 0 Å². The normalized spacial score (nSPS) is 15.8. The van der Waals surface area contributed by atoms with Crippen molar-refractivity contribution in [3.8, 4) is 0 Å². The Morgan fingerprint density at radius 2 is 1.57 bits per heavy atom. The zero-order valence-corrected chi connectivity index (χ0v) is 16.6. The van der Waals surface area contributed by atoms with Gasteiger partial charge in [-0.1, -0.05) is 69.3 Å². The molecule has 3 nitrogen and oxygen atoms in total. The summed E-state index contributed by atoms with van der Waals surface area (Å²) in [5.41, 5.74) is 4.59. The predicted molar refractivity (Wildman–Crippen MR) is 114 cm³/mol. The lowest BCUT2D eigenvalue weighted by Gasteiger charge is -2.18. The molecule has 0 saturated carbocycles. The van der Waals surface area contributed by atoms with Gasteiger partial charge in [0, 0.05) is 5.56 Å². The molecule has 0 aromatic heterocycles. The zero-order chi connectivity index (χ0) is 19.9. The van der Waals surface area contributed by atoms with Gasteiger partial charge >= 0.3 is 5.97 Å². The fourth-order valence-corrected chi connectivity index (χ4v) is 3.39. The second-order valence-electron chi connectivity index (χ2n) is 8.18. The third kappa shape index (κ3) is 3.36. The molecule has 140 valence electrons. The highest BCUT2D eigenvalue weighted by Crippen LogP contribution is 2.27. The Morgan fingerprint density at radius 3 is 2.25 bits per heavy atom. The van der Waals surface area contributed by atoms with Gasteiger partial charge in [-0.15, -0.1) is 0 Å². The van der Waals surface area contributed by atoms with Gasteiger partial charge in [0.15, 0.2) is 5.70 Å². The second-order valence-corrected chi connectivity index (χ2v) is 8.18. The minimum atomic E-state index is -0.417. The van der Waals surface area contributed by atoms with E-state index in [-0.39, 0.29) is 5.41 Å². The van der Waals surface area contributed by atoms with Crippen molar-refractivity contribution in [1.82, 2.24) is 0 Å². The molecule has 0 N–H and O–H groups in total. The predicted octanol–water partition coefficient (Wildman–Crippen LogP) is 5.79. The van der Waals surface area contributed by atoms with Crippen LogP contribution in [0.5, 0.6) is 0 Å². The Labute approximate surface area is 165 Å². The van der Waals surface area contributed by atoms with Crippen molar-refractivity contribution in [1.29, 1.82) is 0 Å². The number of rotatable bonds is 2. The molecule has 1 heterocycles. The Hall–Kier alpha value is -3.20. The average molecular weight is 369 g/mol. The highest BCUT2D eigenvalue weighted by molar-refractivity contribution is 6.13. The highest BCUT2D eigenvalue weighted by Gasteiger charge is 2.25. The molecule has 0 bridgehead atoms. The van der Waals surface area contributed by atoms with Crippen LogP contribution in [-0.4, -0.2) is 11.9 Å². The number of carbonyl (C=O) groups excluding carboxylic acids is 1. The van der Waals surface area contributed by atoms with Crippen LogP contribution in [0.15, 0.2) is 71.4 Å². The zero-order valence-electron chi connectivity index (χ0n) is 16.6. The first-order valence-corrected chi connectivity index (χ1v) is 9.45. The third-order valence-corrected chi connectivity index (χ3v) is 5.09. The molecule has 0 aliphatic carbocycles. The summed E-state index contributed by atoms with van der Waals surface area (Å²) < 4.78 is 5.44. The number of nitrogens with zero attached hydrogens (tertiary/aromatic N) is 1. The summed E-state index contributed by atoms with van der Waals surface area (Å²) >= 11 is 0. The van der Waals surface area contributed by atoms with Crippen molar-refractivity contribution in [2.45, 2.75) is 33.1 Å². The molecule has 0 atom stereocenters. The van der Waals surface area contributed by atoms with Gasteiger partial charge < -0.3 is 4.74 Å². The van der Waals surface area contributed by atoms with Gasteiger partial charge in [0.2, 0.25) is 5.90 Å². The summed E-state index contributed by atoms with van der Waals surface area (Å²) in [4.78, 5) is 16.8. The number of fused-ring (bicyclic) bond motifs is 1. The van der Waals surface area contributed by atoms with E-state index in [1.807, 2.05) is 30.3 Å². The molecular formula is C25H23NO2. The van der Waals surface area contributed by atoms with E-state index in [1.165, 1.54) is 16.5 Å². The fourth-order valence-electron chi connectivity index (χ4n) is 3.39. The number of aliphatic imine (C=N–C) groups is 1. The fraction of sp³-hybridized carbons (Fsp3) is 0.200. The number of cyclic esters (lactones) is 1. The number of aryl methyl sites for hydroxylation is 1. The minimum absolute atomic E-state index is 0.0737. The van der Waals surface area contributed by atoms with Crippen LogP contribution < -0.4 is 0 Å². The van der Waals surface area contributed by atoms with Crippen LogP contribution in [0.1, 0.15) is 43.0 Å². The lowest BCUT2D eigenvalue weighted by molar-refractivity contribution is -0.129. The van der Waals surface area contributed by atoms with Crippen LogP contribution in [0.25, 0.3) is 16.8 Å². The van der Waals surface area contributed by atoms with Crippen molar-refractivity contribution in [3.63, 3.8) is 0 Å². The largest absolute Gasteiger partial charge is 0.402 e. The third-order valence-electron chi connectivity index (χ3n) is 5.09. The number of ether oxygens (including phenoxy) is 1. The Balaban J connectivity index is 1.71. The van der Waals surface area contributed by atoms with E-state index in [0.29, 0.717) is 11.6 Å². The monoisotopic (exact) mass is 369 g/mol. The van der Waals surface area contributed by atoms with Gasteiger partial charge in [-0.3, -0.25) is 0 Å². The molecule has 1 aliphatic rings. The summed E-state index contributed by atoms with van der Waals surface area (Å²) in [6.45, 7) is 8.59. The lowest BCUT2D eigenvalue weighted by atomic mass is 9.87. The number of hydrogen-bond acceptors (Lipinski definition) is 3. The number of benzene rings is 3.